The summed E-state index contributed by atoms with van der Waals surface area (Å²) >= 11 is 0. The first-order valence-corrected chi connectivity index (χ1v) is 11.1. The lowest BCUT2D eigenvalue weighted by molar-refractivity contribution is -0.255. The molecule has 0 saturated carbocycles. The van der Waals surface area contributed by atoms with Crippen molar-refractivity contribution in [1.82, 2.24) is 4.90 Å². The van der Waals surface area contributed by atoms with Crippen molar-refractivity contribution in [2.75, 3.05) is 19.8 Å². The highest BCUT2D eigenvalue weighted by molar-refractivity contribution is 5.76. The number of rotatable bonds is 9. The number of amides is 1. The molecule has 2 rings (SSSR count). The standard InChI is InChI=1S/C22H39NO6/c1-14-11-19(25)12-23(14)21(26)9-7-6-8-10-27-22-17(4)15(2)16(3)20(29-22)13-28-18(5)24/h14-17,19-20,22,25H,6-13H2,1-5H3/t14-,15+,16-,17?,19-,20?,22-/m1/s1. The fraction of sp³-hybridized carbons (Fsp3) is 0.909. The van der Waals surface area contributed by atoms with Crippen LogP contribution < -0.4 is 0 Å². The van der Waals surface area contributed by atoms with Crippen LogP contribution in [0.2, 0.25) is 0 Å². The van der Waals surface area contributed by atoms with Crippen LogP contribution in [-0.4, -0.2) is 66.2 Å². The number of hydrogen-bond acceptors (Lipinski definition) is 6. The molecule has 2 unspecified atom stereocenters. The Balaban J connectivity index is 1.65. The molecule has 7 nitrogen and oxygen atoms in total. The highest BCUT2D eigenvalue weighted by Gasteiger charge is 2.40. The first-order valence-electron chi connectivity index (χ1n) is 11.1. The van der Waals surface area contributed by atoms with E-state index in [0.29, 0.717) is 37.8 Å². The van der Waals surface area contributed by atoms with Gasteiger partial charge in [-0.1, -0.05) is 27.2 Å². The van der Waals surface area contributed by atoms with Gasteiger partial charge in [-0.2, -0.15) is 0 Å². The van der Waals surface area contributed by atoms with Gasteiger partial charge in [0.1, 0.15) is 6.61 Å². The van der Waals surface area contributed by atoms with Gasteiger partial charge < -0.3 is 24.2 Å². The Kier molecular flexibility index (Phi) is 9.37. The van der Waals surface area contributed by atoms with Crippen LogP contribution in [0.3, 0.4) is 0 Å². The first-order chi connectivity index (χ1) is 13.7. The molecule has 1 amide bonds. The Morgan fingerprint density at radius 2 is 1.79 bits per heavy atom. The fourth-order valence-electron chi connectivity index (χ4n) is 4.32. The van der Waals surface area contributed by atoms with Crippen molar-refractivity contribution in [3.63, 3.8) is 0 Å². The van der Waals surface area contributed by atoms with Crippen molar-refractivity contribution >= 4 is 11.9 Å². The molecule has 29 heavy (non-hydrogen) atoms. The number of β-amino-alcohol motifs (C(OH)–C–C–N with tert-alkyl or cyclic N) is 1. The van der Waals surface area contributed by atoms with Gasteiger partial charge in [0.25, 0.3) is 0 Å². The number of ether oxygens (including phenoxy) is 3. The minimum atomic E-state index is -0.380. The maximum Gasteiger partial charge on any atom is 0.302 e. The summed E-state index contributed by atoms with van der Waals surface area (Å²) < 4.78 is 17.2. The molecule has 0 aromatic heterocycles. The van der Waals surface area contributed by atoms with Gasteiger partial charge >= 0.3 is 5.97 Å². The second kappa shape index (κ2) is 11.3. The predicted octanol–water partition coefficient (Wildman–Crippen LogP) is 2.74. The van der Waals surface area contributed by atoms with Crippen LogP contribution in [0.25, 0.3) is 0 Å². The molecule has 0 aromatic carbocycles. The van der Waals surface area contributed by atoms with E-state index in [9.17, 15) is 14.7 Å². The second-order valence-corrected chi connectivity index (χ2v) is 8.89. The van der Waals surface area contributed by atoms with E-state index in [0.717, 1.165) is 19.3 Å². The highest BCUT2D eigenvalue weighted by Crippen LogP contribution is 2.35. The zero-order chi connectivity index (χ0) is 21.6. The number of carbonyl (C=O) groups excluding carboxylic acids is 2. The van der Waals surface area contributed by atoms with Crippen LogP contribution in [-0.2, 0) is 23.8 Å². The third-order valence-corrected chi connectivity index (χ3v) is 6.62. The Bertz CT molecular complexity index is 541. The van der Waals surface area contributed by atoms with E-state index in [4.69, 9.17) is 14.2 Å². The maximum absolute atomic E-state index is 12.3. The number of aliphatic hydroxyl groups excluding tert-OH is 1. The third kappa shape index (κ3) is 6.93. The first kappa shape index (κ1) is 24.1. The van der Waals surface area contributed by atoms with Gasteiger partial charge in [-0.25, -0.2) is 0 Å². The predicted molar refractivity (Wildman–Crippen MR) is 109 cm³/mol. The number of hydrogen-bond donors (Lipinski definition) is 1. The molecular formula is C22H39NO6. The van der Waals surface area contributed by atoms with Gasteiger partial charge in [0.2, 0.25) is 5.91 Å². The summed E-state index contributed by atoms with van der Waals surface area (Å²) in [6.45, 7) is 11.2. The van der Waals surface area contributed by atoms with Gasteiger partial charge in [-0.15, -0.1) is 0 Å². The molecule has 2 aliphatic heterocycles. The summed E-state index contributed by atoms with van der Waals surface area (Å²) in [5, 5.41) is 9.67. The smallest absolute Gasteiger partial charge is 0.302 e. The van der Waals surface area contributed by atoms with Crippen LogP contribution in [0.15, 0.2) is 0 Å². The number of carbonyl (C=O) groups is 2. The SMILES string of the molecule is CC(=O)OCC1O[C@@H](OCCCCCC(=O)N2C[C@H](O)C[C@H]2C)C(C)[C@@H](C)[C@H]1C. The van der Waals surface area contributed by atoms with E-state index in [1.54, 1.807) is 4.90 Å². The summed E-state index contributed by atoms with van der Waals surface area (Å²) in [7, 11) is 0. The minimum absolute atomic E-state index is 0.134. The molecule has 7 heteroatoms. The van der Waals surface area contributed by atoms with Crippen molar-refractivity contribution in [1.29, 1.82) is 0 Å². The van der Waals surface area contributed by atoms with E-state index in [-0.39, 0.29) is 48.9 Å². The molecule has 0 aromatic rings. The lowest BCUT2D eigenvalue weighted by Gasteiger charge is -2.43. The average Bonchev–Trinajstić information content (AvgIpc) is 3.01. The summed E-state index contributed by atoms with van der Waals surface area (Å²) in [6, 6.07) is 0.134. The van der Waals surface area contributed by atoms with E-state index in [1.165, 1.54) is 6.92 Å². The van der Waals surface area contributed by atoms with Gasteiger partial charge in [0.15, 0.2) is 6.29 Å². The number of likely N-dealkylation sites (tertiary alicyclic amines) is 1. The van der Waals surface area contributed by atoms with Crippen LogP contribution in [0.5, 0.6) is 0 Å². The minimum Gasteiger partial charge on any atom is -0.463 e. The molecule has 2 saturated heterocycles. The van der Waals surface area contributed by atoms with Gasteiger partial charge in [-0.3, -0.25) is 9.59 Å². The van der Waals surface area contributed by atoms with Crippen LogP contribution >= 0.6 is 0 Å². The van der Waals surface area contributed by atoms with E-state index in [2.05, 4.69) is 20.8 Å². The quantitative estimate of drug-likeness (QED) is 0.462. The molecule has 168 valence electrons. The average molecular weight is 414 g/mol. The summed E-state index contributed by atoms with van der Waals surface area (Å²) in [6.07, 6.45) is 2.99. The van der Waals surface area contributed by atoms with Gasteiger partial charge in [-0.05, 0) is 38.0 Å². The number of nitrogens with zero attached hydrogens (tertiary/aromatic N) is 1. The summed E-state index contributed by atoms with van der Waals surface area (Å²) in [5.74, 6) is 0.807. The normalized spacial score (nSPS) is 35.0. The monoisotopic (exact) mass is 413 g/mol. The Hall–Kier alpha value is -1.18. The van der Waals surface area contributed by atoms with Crippen LogP contribution in [0, 0.1) is 17.8 Å². The summed E-state index contributed by atoms with van der Waals surface area (Å²) in [4.78, 5) is 25.2. The summed E-state index contributed by atoms with van der Waals surface area (Å²) in [5.41, 5.74) is 0. The van der Waals surface area contributed by atoms with Gasteiger partial charge in [0.05, 0.1) is 12.2 Å². The molecule has 2 heterocycles. The molecule has 2 aliphatic rings. The van der Waals surface area contributed by atoms with E-state index >= 15 is 0 Å². The molecule has 0 spiro atoms. The fourth-order valence-corrected chi connectivity index (χ4v) is 4.32. The molecule has 1 N–H and O–H groups in total. The lowest BCUT2D eigenvalue weighted by atomic mass is 9.79. The highest BCUT2D eigenvalue weighted by atomic mass is 16.7. The maximum atomic E-state index is 12.3. The van der Waals surface area contributed by atoms with Crippen LogP contribution in [0.4, 0.5) is 0 Å². The number of unbranched alkanes of at least 4 members (excludes halogenated alkanes) is 2. The molecule has 2 fully saturated rings. The Labute approximate surface area is 175 Å². The Morgan fingerprint density at radius 3 is 2.41 bits per heavy atom. The van der Waals surface area contributed by atoms with E-state index < -0.39 is 0 Å². The van der Waals surface area contributed by atoms with Crippen molar-refractivity contribution in [2.24, 2.45) is 17.8 Å². The molecular weight excluding hydrogens is 374 g/mol. The second-order valence-electron chi connectivity index (χ2n) is 8.89. The largest absolute Gasteiger partial charge is 0.463 e. The number of aliphatic hydroxyl groups is 1. The van der Waals surface area contributed by atoms with Crippen molar-refractivity contribution in [3.8, 4) is 0 Å². The topological polar surface area (TPSA) is 85.3 Å². The lowest BCUT2D eigenvalue weighted by Crippen LogP contribution is -2.47. The van der Waals surface area contributed by atoms with Gasteiger partial charge in [0, 0.05) is 38.5 Å². The molecule has 0 radical (unpaired) electrons. The molecule has 0 bridgehead atoms. The van der Waals surface area contributed by atoms with Crippen LogP contribution in [0.1, 0.15) is 66.7 Å². The number of esters is 1. The molecule has 0 aliphatic carbocycles. The van der Waals surface area contributed by atoms with Crippen molar-refractivity contribution in [2.45, 2.75) is 91.3 Å². The van der Waals surface area contributed by atoms with Crippen molar-refractivity contribution in [3.05, 3.63) is 0 Å². The van der Waals surface area contributed by atoms with E-state index in [1.807, 2.05) is 6.92 Å². The Morgan fingerprint density at radius 1 is 1.07 bits per heavy atom. The zero-order valence-electron chi connectivity index (χ0n) is 18.6. The third-order valence-electron chi connectivity index (χ3n) is 6.62. The molecule has 7 atom stereocenters. The van der Waals surface area contributed by atoms with Crippen molar-refractivity contribution < 1.29 is 28.9 Å². The zero-order valence-corrected chi connectivity index (χ0v) is 18.6.